The first kappa shape index (κ1) is 18.1. The second-order valence-corrected chi connectivity index (χ2v) is 6.70. The molecule has 6 nitrogen and oxygen atoms in total. The van der Waals surface area contributed by atoms with Crippen LogP contribution in [0.5, 0.6) is 11.5 Å². The van der Waals surface area contributed by atoms with Gasteiger partial charge >= 0.3 is 5.97 Å². The predicted molar refractivity (Wildman–Crippen MR) is 89.3 cm³/mol. The highest BCUT2D eigenvalue weighted by Crippen LogP contribution is 2.29. The number of hydrogen-bond acceptors (Lipinski definition) is 4. The van der Waals surface area contributed by atoms with E-state index in [1.165, 1.54) is 4.90 Å². The van der Waals surface area contributed by atoms with Gasteiger partial charge in [0.1, 0.15) is 17.0 Å². The number of nitrogens with zero attached hydrogens (tertiary/aromatic N) is 1. The lowest BCUT2D eigenvalue weighted by molar-refractivity contribution is -0.156. The summed E-state index contributed by atoms with van der Waals surface area (Å²) in [4.78, 5) is 25.2. The van der Waals surface area contributed by atoms with Crippen molar-refractivity contribution >= 4 is 11.9 Å². The normalized spacial score (nSPS) is 20.2. The van der Waals surface area contributed by atoms with Crippen LogP contribution in [0.3, 0.4) is 0 Å². The fourth-order valence-electron chi connectivity index (χ4n) is 2.73. The maximum absolute atomic E-state index is 12.3. The highest BCUT2D eigenvalue weighted by molar-refractivity contribution is 5.88. The second kappa shape index (κ2) is 7.55. The second-order valence-electron chi connectivity index (χ2n) is 6.70. The van der Waals surface area contributed by atoms with Crippen molar-refractivity contribution in [2.24, 2.45) is 5.92 Å². The number of likely N-dealkylation sites (tertiary alicyclic amines) is 1. The average molecular weight is 335 g/mol. The molecule has 24 heavy (non-hydrogen) atoms. The van der Waals surface area contributed by atoms with E-state index in [0.717, 1.165) is 0 Å². The van der Waals surface area contributed by atoms with Crippen LogP contribution in [0.2, 0.25) is 0 Å². The lowest BCUT2D eigenvalue weighted by Crippen LogP contribution is -2.52. The molecule has 1 aromatic rings. The van der Waals surface area contributed by atoms with E-state index in [-0.39, 0.29) is 12.5 Å². The third kappa shape index (κ3) is 4.19. The minimum atomic E-state index is -1.14. The van der Waals surface area contributed by atoms with Gasteiger partial charge in [-0.3, -0.25) is 4.79 Å². The molecule has 0 aliphatic carbocycles. The molecule has 0 aromatic heterocycles. The van der Waals surface area contributed by atoms with Crippen LogP contribution in [0, 0.1) is 5.92 Å². The molecular formula is C18H25NO5. The number of carboxylic acid groups (broad SMARTS) is 1. The number of carbonyl (C=O) groups excluding carboxylic acids is 1. The minimum absolute atomic E-state index is 0.184. The Hall–Kier alpha value is -2.24. The van der Waals surface area contributed by atoms with Crippen molar-refractivity contribution in [2.45, 2.75) is 39.2 Å². The highest BCUT2D eigenvalue weighted by atomic mass is 16.5. The van der Waals surface area contributed by atoms with Gasteiger partial charge in [-0.2, -0.15) is 0 Å². The van der Waals surface area contributed by atoms with Crippen molar-refractivity contribution in [1.29, 1.82) is 0 Å². The molecule has 1 aliphatic heterocycles. The zero-order valence-electron chi connectivity index (χ0n) is 14.4. The first-order valence-electron chi connectivity index (χ1n) is 8.22. The fourth-order valence-corrected chi connectivity index (χ4v) is 2.73. The summed E-state index contributed by atoms with van der Waals surface area (Å²) in [5.74, 6) is 0.342. The van der Waals surface area contributed by atoms with E-state index in [1.54, 1.807) is 25.1 Å². The Balaban J connectivity index is 1.94. The maximum atomic E-state index is 12.3. The largest absolute Gasteiger partial charge is 0.493 e. The molecule has 1 unspecified atom stereocenters. The number of amides is 1. The molecule has 0 spiro atoms. The molecule has 1 aliphatic rings. The molecule has 1 atom stereocenters. The first-order chi connectivity index (χ1) is 11.3. The molecule has 1 aromatic carbocycles. The summed E-state index contributed by atoms with van der Waals surface area (Å²) < 4.78 is 11.2. The average Bonchev–Trinajstić information content (AvgIpc) is 2.94. The standard InChI is InChI=1S/C18H25NO5/c1-13(2)11-23-14-6-4-7-15(10-14)24-12-16(20)19-9-5-8-18(19,3)17(21)22/h4,6-7,10,13H,5,8-9,11-12H2,1-3H3,(H,21,22). The Labute approximate surface area is 142 Å². The molecule has 1 fully saturated rings. The zero-order valence-corrected chi connectivity index (χ0v) is 14.4. The van der Waals surface area contributed by atoms with Gasteiger partial charge in [-0.05, 0) is 37.8 Å². The number of carbonyl (C=O) groups is 2. The number of aliphatic carboxylic acids is 1. The SMILES string of the molecule is CC(C)COc1cccc(OCC(=O)N2CCCC2(C)C(=O)O)c1. The number of rotatable bonds is 7. The fraction of sp³-hybridized carbons (Fsp3) is 0.556. The van der Waals surface area contributed by atoms with Crippen molar-refractivity contribution in [2.75, 3.05) is 19.8 Å². The summed E-state index contributed by atoms with van der Waals surface area (Å²) in [7, 11) is 0. The summed E-state index contributed by atoms with van der Waals surface area (Å²) in [6.07, 6.45) is 1.15. The number of benzene rings is 1. The molecular weight excluding hydrogens is 310 g/mol. The van der Waals surface area contributed by atoms with Crippen LogP contribution >= 0.6 is 0 Å². The van der Waals surface area contributed by atoms with E-state index in [9.17, 15) is 14.7 Å². The van der Waals surface area contributed by atoms with Gasteiger partial charge in [-0.15, -0.1) is 0 Å². The molecule has 0 bridgehead atoms. The van der Waals surface area contributed by atoms with Gasteiger partial charge < -0.3 is 19.5 Å². The van der Waals surface area contributed by atoms with E-state index in [1.807, 2.05) is 6.07 Å². The van der Waals surface area contributed by atoms with Gasteiger partial charge in [0, 0.05) is 12.6 Å². The van der Waals surface area contributed by atoms with Gasteiger partial charge in [0.2, 0.25) is 0 Å². The monoisotopic (exact) mass is 335 g/mol. The zero-order chi connectivity index (χ0) is 17.7. The van der Waals surface area contributed by atoms with Crippen LogP contribution in [0.1, 0.15) is 33.6 Å². The van der Waals surface area contributed by atoms with Crippen LogP contribution in [0.15, 0.2) is 24.3 Å². The Morgan fingerprint density at radius 2 is 1.96 bits per heavy atom. The molecule has 1 heterocycles. The van der Waals surface area contributed by atoms with Gasteiger partial charge in [0.25, 0.3) is 5.91 Å². The number of carboxylic acids is 1. The molecule has 2 rings (SSSR count). The van der Waals surface area contributed by atoms with E-state index >= 15 is 0 Å². The van der Waals surface area contributed by atoms with Gasteiger partial charge in [0.15, 0.2) is 6.61 Å². The Kier molecular flexibility index (Phi) is 5.70. The van der Waals surface area contributed by atoms with Crippen LogP contribution in [0.4, 0.5) is 0 Å². The molecule has 132 valence electrons. The topological polar surface area (TPSA) is 76.1 Å². The maximum Gasteiger partial charge on any atom is 0.329 e. The van der Waals surface area contributed by atoms with Crippen molar-refractivity contribution in [3.63, 3.8) is 0 Å². The molecule has 6 heteroatoms. The van der Waals surface area contributed by atoms with E-state index < -0.39 is 11.5 Å². The quantitative estimate of drug-likeness (QED) is 0.829. The Bertz CT molecular complexity index is 601. The Morgan fingerprint density at radius 3 is 2.58 bits per heavy atom. The van der Waals surface area contributed by atoms with Gasteiger partial charge in [0.05, 0.1) is 6.61 Å². The molecule has 1 amide bonds. The van der Waals surface area contributed by atoms with Crippen molar-refractivity contribution in [3.8, 4) is 11.5 Å². The van der Waals surface area contributed by atoms with E-state index in [4.69, 9.17) is 9.47 Å². The summed E-state index contributed by atoms with van der Waals surface area (Å²) in [5.41, 5.74) is -1.14. The summed E-state index contributed by atoms with van der Waals surface area (Å²) in [6.45, 7) is 6.58. The molecule has 1 saturated heterocycles. The highest BCUT2D eigenvalue weighted by Gasteiger charge is 2.45. The van der Waals surface area contributed by atoms with Gasteiger partial charge in [-0.25, -0.2) is 4.79 Å². The van der Waals surface area contributed by atoms with Gasteiger partial charge in [-0.1, -0.05) is 19.9 Å². The predicted octanol–water partition coefficient (Wildman–Crippen LogP) is 2.57. The minimum Gasteiger partial charge on any atom is -0.493 e. The smallest absolute Gasteiger partial charge is 0.329 e. The summed E-state index contributed by atoms with van der Waals surface area (Å²) in [6, 6.07) is 7.11. The van der Waals surface area contributed by atoms with E-state index in [0.29, 0.717) is 43.4 Å². The molecule has 0 saturated carbocycles. The summed E-state index contributed by atoms with van der Waals surface area (Å²) in [5, 5.41) is 9.37. The lowest BCUT2D eigenvalue weighted by atomic mass is 9.99. The van der Waals surface area contributed by atoms with Crippen LogP contribution in [-0.2, 0) is 9.59 Å². The first-order valence-corrected chi connectivity index (χ1v) is 8.22. The van der Waals surface area contributed by atoms with Crippen LogP contribution in [0.25, 0.3) is 0 Å². The molecule has 1 N–H and O–H groups in total. The number of ether oxygens (including phenoxy) is 2. The number of hydrogen-bond donors (Lipinski definition) is 1. The third-order valence-corrected chi connectivity index (χ3v) is 4.15. The summed E-state index contributed by atoms with van der Waals surface area (Å²) >= 11 is 0. The molecule has 0 radical (unpaired) electrons. The van der Waals surface area contributed by atoms with Crippen molar-refractivity contribution in [3.05, 3.63) is 24.3 Å². The lowest BCUT2D eigenvalue weighted by Gasteiger charge is -2.31. The van der Waals surface area contributed by atoms with Crippen molar-refractivity contribution < 1.29 is 24.2 Å². The van der Waals surface area contributed by atoms with Crippen molar-refractivity contribution in [1.82, 2.24) is 4.90 Å². The van der Waals surface area contributed by atoms with Crippen LogP contribution < -0.4 is 9.47 Å². The van der Waals surface area contributed by atoms with Crippen LogP contribution in [-0.4, -0.2) is 47.2 Å². The third-order valence-electron chi connectivity index (χ3n) is 4.15. The van der Waals surface area contributed by atoms with E-state index in [2.05, 4.69) is 13.8 Å². The Morgan fingerprint density at radius 1 is 1.29 bits per heavy atom.